The lowest BCUT2D eigenvalue weighted by molar-refractivity contribution is -0.147. The molecule has 0 saturated carbocycles. The van der Waals surface area contributed by atoms with E-state index in [1.54, 1.807) is 12.2 Å². The Bertz CT molecular complexity index is 657. The number of fused-ring (bicyclic) bond motifs is 1. The average molecular weight is 348 g/mol. The van der Waals surface area contributed by atoms with Crippen LogP contribution in [0.15, 0.2) is 47.6 Å². The molecule has 1 aliphatic heterocycles. The molecule has 6 nitrogen and oxygen atoms in total. The van der Waals surface area contributed by atoms with E-state index in [0.717, 1.165) is 5.57 Å². The lowest BCUT2D eigenvalue weighted by Gasteiger charge is -2.28. The smallest absolute Gasteiger partial charge is 0.334 e. The Morgan fingerprint density at radius 2 is 2.08 bits per heavy atom. The molecule has 1 saturated heterocycles. The van der Waals surface area contributed by atoms with Gasteiger partial charge in [-0.2, -0.15) is 0 Å². The highest BCUT2D eigenvalue weighted by Gasteiger charge is 2.44. The van der Waals surface area contributed by atoms with Crippen molar-refractivity contribution in [1.29, 1.82) is 0 Å². The third-order valence-electron chi connectivity index (χ3n) is 4.34. The van der Waals surface area contributed by atoms with E-state index in [1.807, 2.05) is 6.92 Å². The van der Waals surface area contributed by atoms with Gasteiger partial charge in [0.2, 0.25) is 0 Å². The molecule has 1 heterocycles. The second-order valence-corrected chi connectivity index (χ2v) is 6.62. The number of carbonyl (C=O) groups excluding carboxylic acids is 2. The summed E-state index contributed by atoms with van der Waals surface area (Å²) in [5.41, 5.74) is 1.80. The normalized spacial score (nSPS) is 34.1. The van der Waals surface area contributed by atoms with Gasteiger partial charge >= 0.3 is 11.9 Å². The summed E-state index contributed by atoms with van der Waals surface area (Å²) in [5.74, 6) is -1.69. The molecule has 0 spiro atoms. The number of hydrogen-bond donors (Lipinski definition) is 2. The van der Waals surface area contributed by atoms with Gasteiger partial charge in [-0.1, -0.05) is 24.8 Å². The Hall–Kier alpha value is -2.18. The Labute approximate surface area is 147 Å². The van der Waals surface area contributed by atoms with Gasteiger partial charge in [-0.25, -0.2) is 9.59 Å². The maximum Gasteiger partial charge on any atom is 0.334 e. The van der Waals surface area contributed by atoms with E-state index in [-0.39, 0.29) is 24.2 Å². The number of esters is 2. The summed E-state index contributed by atoms with van der Waals surface area (Å²) in [6, 6.07) is 0. The van der Waals surface area contributed by atoms with Crippen molar-refractivity contribution in [2.24, 2.45) is 5.92 Å². The fourth-order valence-electron chi connectivity index (χ4n) is 3.11. The van der Waals surface area contributed by atoms with Crippen molar-refractivity contribution in [3.63, 3.8) is 0 Å². The van der Waals surface area contributed by atoms with Crippen LogP contribution in [0, 0.1) is 5.92 Å². The molecule has 1 fully saturated rings. The SMILES string of the molecule is C=C(C)C(=O)O[C@@H]1C/C(CO)=C\[C@H](O)C/C(C)=C\[C@H]2OC(=O)C(=C)[C@@H]21. The van der Waals surface area contributed by atoms with Crippen LogP contribution in [0.3, 0.4) is 0 Å². The van der Waals surface area contributed by atoms with Crippen LogP contribution in [-0.2, 0) is 19.1 Å². The Morgan fingerprint density at radius 3 is 2.68 bits per heavy atom. The molecule has 0 radical (unpaired) electrons. The molecule has 0 unspecified atom stereocenters. The molecular weight excluding hydrogens is 324 g/mol. The van der Waals surface area contributed by atoms with E-state index in [0.29, 0.717) is 12.0 Å². The van der Waals surface area contributed by atoms with Crippen LogP contribution in [0.25, 0.3) is 0 Å². The van der Waals surface area contributed by atoms with Crippen molar-refractivity contribution in [1.82, 2.24) is 0 Å². The molecule has 0 amide bonds. The summed E-state index contributed by atoms with van der Waals surface area (Å²) in [7, 11) is 0. The quantitative estimate of drug-likeness (QED) is 0.457. The predicted octanol–water partition coefficient (Wildman–Crippen LogP) is 1.59. The first-order valence-electron chi connectivity index (χ1n) is 8.15. The van der Waals surface area contributed by atoms with E-state index in [2.05, 4.69) is 13.2 Å². The van der Waals surface area contributed by atoms with Gasteiger partial charge in [-0.05, 0) is 31.9 Å². The zero-order chi connectivity index (χ0) is 18.7. The number of hydrogen-bond acceptors (Lipinski definition) is 6. The number of aliphatic hydroxyl groups is 2. The minimum atomic E-state index is -0.784. The van der Waals surface area contributed by atoms with Gasteiger partial charge < -0.3 is 19.7 Å². The van der Waals surface area contributed by atoms with Crippen molar-refractivity contribution >= 4 is 11.9 Å². The Kier molecular flexibility index (Phi) is 5.98. The second kappa shape index (κ2) is 7.80. The number of aliphatic hydroxyl groups excluding tert-OH is 2. The molecule has 2 aliphatic rings. The summed E-state index contributed by atoms with van der Waals surface area (Å²) in [6.07, 6.45) is 1.65. The Morgan fingerprint density at radius 1 is 1.40 bits per heavy atom. The van der Waals surface area contributed by atoms with Crippen molar-refractivity contribution in [2.45, 2.75) is 45.0 Å². The van der Waals surface area contributed by atoms with Crippen LogP contribution in [-0.4, -0.2) is 47.1 Å². The Balaban J connectivity index is 2.45. The summed E-state index contributed by atoms with van der Waals surface area (Å²) < 4.78 is 10.9. The van der Waals surface area contributed by atoms with Crippen LogP contribution in [0.4, 0.5) is 0 Å². The zero-order valence-electron chi connectivity index (χ0n) is 14.5. The largest absolute Gasteiger partial charge is 0.458 e. The molecule has 0 aromatic rings. The highest BCUT2D eigenvalue weighted by atomic mass is 16.6. The van der Waals surface area contributed by atoms with Crippen molar-refractivity contribution in [3.8, 4) is 0 Å². The molecule has 1 aliphatic carbocycles. The predicted molar refractivity (Wildman–Crippen MR) is 91.4 cm³/mol. The molecule has 4 atom stereocenters. The van der Waals surface area contributed by atoms with Crippen LogP contribution < -0.4 is 0 Å². The second-order valence-electron chi connectivity index (χ2n) is 6.62. The summed E-state index contributed by atoms with van der Waals surface area (Å²) in [6.45, 7) is 10.4. The molecule has 2 N–H and O–H groups in total. The summed E-state index contributed by atoms with van der Waals surface area (Å²) >= 11 is 0. The molecule has 25 heavy (non-hydrogen) atoms. The van der Waals surface area contributed by atoms with E-state index in [4.69, 9.17) is 9.47 Å². The molecule has 6 heteroatoms. The highest BCUT2D eigenvalue weighted by molar-refractivity contribution is 5.91. The molecular formula is C19H24O6. The first-order chi connectivity index (χ1) is 11.7. The van der Waals surface area contributed by atoms with E-state index in [9.17, 15) is 19.8 Å². The molecule has 0 bridgehead atoms. The van der Waals surface area contributed by atoms with Gasteiger partial charge in [0.05, 0.1) is 18.6 Å². The van der Waals surface area contributed by atoms with E-state index < -0.39 is 36.2 Å². The van der Waals surface area contributed by atoms with Gasteiger partial charge in [-0.3, -0.25) is 0 Å². The van der Waals surface area contributed by atoms with Gasteiger partial charge in [0, 0.05) is 17.6 Å². The van der Waals surface area contributed by atoms with Gasteiger partial charge in [0.1, 0.15) is 12.2 Å². The third kappa shape index (κ3) is 4.46. The van der Waals surface area contributed by atoms with Crippen LogP contribution >= 0.6 is 0 Å². The minimum Gasteiger partial charge on any atom is -0.458 e. The van der Waals surface area contributed by atoms with Gasteiger partial charge in [0.15, 0.2) is 0 Å². The van der Waals surface area contributed by atoms with Gasteiger partial charge in [-0.15, -0.1) is 0 Å². The fraction of sp³-hybridized carbons (Fsp3) is 0.474. The lowest BCUT2D eigenvalue weighted by atomic mass is 9.85. The fourth-order valence-corrected chi connectivity index (χ4v) is 3.11. The topological polar surface area (TPSA) is 93.1 Å². The van der Waals surface area contributed by atoms with Crippen molar-refractivity contribution in [2.75, 3.05) is 6.61 Å². The van der Waals surface area contributed by atoms with Crippen molar-refractivity contribution in [3.05, 3.63) is 47.6 Å². The van der Waals surface area contributed by atoms with E-state index in [1.165, 1.54) is 6.92 Å². The monoisotopic (exact) mass is 348 g/mol. The molecule has 136 valence electrons. The maximum absolute atomic E-state index is 12.0. The van der Waals surface area contributed by atoms with Crippen LogP contribution in [0.5, 0.6) is 0 Å². The number of rotatable bonds is 3. The average Bonchev–Trinajstić information content (AvgIpc) is 2.79. The van der Waals surface area contributed by atoms with E-state index >= 15 is 0 Å². The zero-order valence-corrected chi connectivity index (χ0v) is 14.5. The minimum absolute atomic E-state index is 0.163. The summed E-state index contributed by atoms with van der Waals surface area (Å²) in [5, 5.41) is 19.7. The number of carbonyl (C=O) groups is 2. The number of ether oxygens (including phenoxy) is 2. The van der Waals surface area contributed by atoms with Crippen LogP contribution in [0.2, 0.25) is 0 Å². The van der Waals surface area contributed by atoms with Gasteiger partial charge in [0.25, 0.3) is 0 Å². The molecule has 0 aromatic heterocycles. The van der Waals surface area contributed by atoms with Crippen LogP contribution in [0.1, 0.15) is 26.7 Å². The molecule has 2 rings (SSSR count). The van der Waals surface area contributed by atoms with Crippen molar-refractivity contribution < 1.29 is 29.3 Å². The first kappa shape index (κ1) is 19.1. The third-order valence-corrected chi connectivity index (χ3v) is 4.34. The highest BCUT2D eigenvalue weighted by Crippen LogP contribution is 2.36. The summed E-state index contributed by atoms with van der Waals surface area (Å²) in [4.78, 5) is 24.0. The maximum atomic E-state index is 12.0. The molecule has 0 aromatic carbocycles. The standard InChI is InChI=1S/C19H24O6/c1-10(2)18(22)24-16-8-13(9-20)7-14(21)5-11(3)6-15-17(16)12(4)19(23)25-15/h6-7,14-17,20-21H,1,4-5,8-9H2,2-3H3/b11-6-,13-7+/t14-,15-,16-,17+/m1/s1. The first-order valence-corrected chi connectivity index (χ1v) is 8.15. The lowest BCUT2D eigenvalue weighted by Crippen LogP contribution is -2.34.